The number of nitrogens with one attached hydrogen (secondary N) is 2. The minimum absolute atomic E-state index is 0.123. The maximum absolute atomic E-state index is 16.2. The van der Waals surface area contributed by atoms with Gasteiger partial charge in [0.05, 0.1) is 30.0 Å². The predicted octanol–water partition coefficient (Wildman–Crippen LogP) is 6.79. The Hall–Kier alpha value is -6.00. The summed E-state index contributed by atoms with van der Waals surface area (Å²) in [6, 6.07) is 9.90. The van der Waals surface area contributed by atoms with Gasteiger partial charge in [-0.3, -0.25) is 34.0 Å². The molecule has 14 nitrogen and oxygen atoms in total. The van der Waals surface area contributed by atoms with Crippen LogP contribution in [-0.2, 0) is 52.8 Å². The molecule has 2 aliphatic heterocycles. The second kappa shape index (κ2) is 21.7. The van der Waals surface area contributed by atoms with Gasteiger partial charge < -0.3 is 29.2 Å². The maximum atomic E-state index is 16.2. The number of carbonyl (C=O) groups is 5. The van der Waals surface area contributed by atoms with E-state index in [1.807, 2.05) is 58.0 Å². The minimum Gasteiger partial charge on any atom is -0.467 e. The van der Waals surface area contributed by atoms with Crippen LogP contribution in [0.5, 0.6) is 0 Å². The van der Waals surface area contributed by atoms with Gasteiger partial charge in [-0.1, -0.05) is 40.3 Å². The predicted molar refractivity (Wildman–Crippen MR) is 252 cm³/mol. The van der Waals surface area contributed by atoms with Crippen molar-refractivity contribution in [1.82, 2.24) is 35.1 Å². The number of halogens is 2. The number of carbonyl (C=O) groups excluding carboxylic acids is 5. The lowest BCUT2D eigenvalue weighted by Crippen LogP contribution is -2.59. The molecule has 0 spiro atoms. The van der Waals surface area contributed by atoms with Gasteiger partial charge >= 0.3 is 0 Å². The number of likely N-dealkylation sites (tertiary alicyclic amines) is 1. The zero-order valence-corrected chi connectivity index (χ0v) is 40.0. The highest BCUT2D eigenvalue weighted by Gasteiger charge is 2.39. The summed E-state index contributed by atoms with van der Waals surface area (Å²) in [4.78, 5) is 73.7. The Kier molecular flexibility index (Phi) is 16.4. The topological polar surface area (TPSA) is 155 Å². The Labute approximate surface area is 392 Å². The number of likely N-dealkylation sites (N-methyl/N-ethyl adjacent to an activating group) is 1. The Balaban J connectivity index is 1.40. The lowest BCUT2D eigenvalue weighted by molar-refractivity contribution is -0.145. The number of rotatable bonds is 19. The molecule has 4 unspecified atom stereocenters. The first kappa shape index (κ1) is 50.4. The van der Waals surface area contributed by atoms with Crippen LogP contribution < -0.4 is 10.7 Å². The van der Waals surface area contributed by atoms with Crippen LogP contribution in [0.2, 0.25) is 0 Å². The van der Waals surface area contributed by atoms with Crippen LogP contribution in [0, 0.1) is 28.9 Å². The first-order valence-electron chi connectivity index (χ1n) is 23.1. The van der Waals surface area contributed by atoms with Crippen molar-refractivity contribution in [3.63, 3.8) is 0 Å². The summed E-state index contributed by atoms with van der Waals surface area (Å²) < 4.78 is 45.4. The number of hydrogen-bond donors (Lipinski definition) is 2. The summed E-state index contributed by atoms with van der Waals surface area (Å²) in [5.74, 6) is -4.95. The molecular formula is C51H65F2N7O7. The zero-order chi connectivity index (χ0) is 48.7. The number of nitrogens with zero attached hydrogens (tertiary/aromatic N) is 5. The third-order valence-corrected chi connectivity index (χ3v) is 13.1. The van der Waals surface area contributed by atoms with Crippen LogP contribution in [0.4, 0.5) is 8.78 Å². The van der Waals surface area contributed by atoms with Crippen molar-refractivity contribution in [1.29, 1.82) is 0 Å². The number of aromatic nitrogens is 2. The highest BCUT2D eigenvalue weighted by atomic mass is 19.2. The number of benzene rings is 2. The molecule has 4 amide bonds. The number of amides is 4. The molecule has 2 fully saturated rings. The lowest BCUT2D eigenvalue weighted by atomic mass is 9.84. The molecule has 0 saturated carbocycles. The highest BCUT2D eigenvalue weighted by Crippen LogP contribution is 2.42. The quantitative estimate of drug-likeness (QED) is 0.0765. The van der Waals surface area contributed by atoms with Crippen molar-refractivity contribution in [2.24, 2.45) is 17.3 Å². The molecule has 2 saturated heterocycles. The molecule has 2 aromatic carbocycles. The van der Waals surface area contributed by atoms with Crippen LogP contribution in [0.1, 0.15) is 83.7 Å². The molecule has 4 aromatic rings. The molecule has 2 aliphatic rings. The van der Waals surface area contributed by atoms with Crippen molar-refractivity contribution in [3.8, 4) is 22.4 Å². The first-order chi connectivity index (χ1) is 31.9. The molecule has 4 heterocycles. The third-order valence-electron chi connectivity index (χ3n) is 13.1. The van der Waals surface area contributed by atoms with Gasteiger partial charge in [-0.05, 0) is 110 Å². The number of pyridine rings is 1. The van der Waals surface area contributed by atoms with Gasteiger partial charge in [0.25, 0.3) is 12.4 Å². The number of methoxy groups -OCH3 is 1. The van der Waals surface area contributed by atoms with Crippen molar-refractivity contribution in [3.05, 3.63) is 89.8 Å². The van der Waals surface area contributed by atoms with E-state index in [-0.39, 0.29) is 43.1 Å². The monoisotopic (exact) mass is 925 g/mol. The summed E-state index contributed by atoms with van der Waals surface area (Å²) >= 11 is 0. The second-order valence-corrected chi connectivity index (χ2v) is 18.8. The van der Waals surface area contributed by atoms with E-state index in [4.69, 9.17) is 14.5 Å². The molecule has 2 N–H and O–H groups in total. The fraction of sp³-hybridized carbons (Fsp3) is 0.490. The standard InChI is InChI=1S/C51H65F2N7O7/c1-10-43(62)58-22-18-34(28-58)49(64)57(8)46(31(3)4)48(63)56-41(50(65)60-21-13-12-20-55-60)26-36-23-35(25-40(52)44(36)53)33-16-17-42-38(24-33)39(27-51(6,7)29-67-30-61)47(59(42)11-2)37-15-14-19-54-45(37)32(5)66-9/h10,14-17,19,23-25,30-32,34,41,46,55H,1,11-13,18,20-22,26-29H2,2-9H3,(H,56,63). The van der Waals surface area contributed by atoms with Crippen molar-refractivity contribution in [2.75, 3.05) is 46.9 Å². The van der Waals surface area contributed by atoms with E-state index in [1.54, 1.807) is 32.1 Å². The van der Waals surface area contributed by atoms with E-state index < -0.39 is 52.8 Å². The van der Waals surface area contributed by atoms with Crippen molar-refractivity contribution >= 4 is 41.0 Å². The Morgan fingerprint density at radius 3 is 2.49 bits per heavy atom. The molecule has 0 bridgehead atoms. The van der Waals surface area contributed by atoms with Gasteiger partial charge in [0.15, 0.2) is 11.6 Å². The Bertz CT molecular complexity index is 2480. The summed E-state index contributed by atoms with van der Waals surface area (Å²) in [5, 5.41) is 5.11. The SMILES string of the molecule is C=CC(=O)N1CCC(C(=O)N(C)C(C(=O)NC(Cc2cc(-c3ccc4c(c3)c(CC(C)(C)COC=O)c(-c3cccnc3C(C)OC)n4CC)cc(F)c2F)C(=O)N2CCCCN2)C(C)C)C1. The summed E-state index contributed by atoms with van der Waals surface area (Å²) in [6.07, 6.45) is 4.64. The van der Waals surface area contributed by atoms with Crippen LogP contribution in [0.25, 0.3) is 33.3 Å². The normalized spacial score (nSPS) is 16.7. The van der Waals surface area contributed by atoms with E-state index in [9.17, 15) is 24.0 Å². The van der Waals surface area contributed by atoms with Crippen LogP contribution >= 0.6 is 0 Å². The van der Waals surface area contributed by atoms with Crippen LogP contribution in [-0.4, -0.2) is 113 Å². The third kappa shape index (κ3) is 11.1. The maximum Gasteiger partial charge on any atom is 0.293 e. The van der Waals surface area contributed by atoms with Crippen LogP contribution in [0.3, 0.4) is 0 Å². The lowest BCUT2D eigenvalue weighted by Gasteiger charge is -2.35. The second-order valence-electron chi connectivity index (χ2n) is 18.8. The first-order valence-corrected chi connectivity index (χ1v) is 23.1. The van der Waals surface area contributed by atoms with Crippen molar-refractivity contribution in [2.45, 2.75) is 98.4 Å². The fourth-order valence-corrected chi connectivity index (χ4v) is 9.61. The molecule has 67 heavy (non-hydrogen) atoms. The summed E-state index contributed by atoms with van der Waals surface area (Å²) in [7, 11) is 3.16. The Morgan fingerprint density at radius 2 is 1.84 bits per heavy atom. The van der Waals surface area contributed by atoms with Crippen LogP contribution in [0.15, 0.2) is 61.3 Å². The molecule has 0 aliphatic carbocycles. The van der Waals surface area contributed by atoms with Gasteiger partial charge in [-0.15, -0.1) is 0 Å². The molecule has 2 aromatic heterocycles. The minimum atomic E-state index is -1.34. The number of ether oxygens (including phenoxy) is 2. The molecule has 4 atom stereocenters. The van der Waals surface area contributed by atoms with E-state index >= 15 is 8.78 Å². The Morgan fingerprint density at radius 1 is 1.07 bits per heavy atom. The smallest absolute Gasteiger partial charge is 0.293 e. The summed E-state index contributed by atoms with van der Waals surface area (Å²) in [5.41, 5.74) is 7.74. The van der Waals surface area contributed by atoms with E-state index in [0.717, 1.165) is 45.9 Å². The average Bonchev–Trinajstić information content (AvgIpc) is 3.94. The molecule has 16 heteroatoms. The van der Waals surface area contributed by atoms with Gasteiger partial charge in [-0.25, -0.2) is 14.2 Å². The largest absolute Gasteiger partial charge is 0.467 e. The molecule has 6 rings (SSSR count). The number of hydrazine groups is 1. The number of hydrogen-bond acceptors (Lipinski definition) is 9. The van der Waals surface area contributed by atoms with Gasteiger partial charge in [-0.2, -0.15) is 0 Å². The highest BCUT2D eigenvalue weighted by molar-refractivity contribution is 5.96. The van der Waals surface area contributed by atoms with Gasteiger partial charge in [0, 0.05) is 81.4 Å². The van der Waals surface area contributed by atoms with Gasteiger partial charge in [0.2, 0.25) is 17.7 Å². The van der Waals surface area contributed by atoms with E-state index in [2.05, 4.69) is 21.9 Å². The fourth-order valence-electron chi connectivity index (χ4n) is 9.61. The van der Waals surface area contributed by atoms with Gasteiger partial charge in [0.1, 0.15) is 12.1 Å². The average molecular weight is 926 g/mol. The van der Waals surface area contributed by atoms with E-state index in [0.29, 0.717) is 63.0 Å². The van der Waals surface area contributed by atoms with E-state index in [1.165, 1.54) is 29.1 Å². The number of aryl methyl sites for hydroxylation is 1. The molecule has 360 valence electrons. The number of fused-ring (bicyclic) bond motifs is 1. The summed E-state index contributed by atoms with van der Waals surface area (Å²) in [6.45, 7) is 17.7. The molecular weight excluding hydrogens is 861 g/mol. The molecule has 0 radical (unpaired) electrons. The zero-order valence-electron chi connectivity index (χ0n) is 40.0. The van der Waals surface area contributed by atoms with Crippen molar-refractivity contribution < 1.29 is 42.2 Å².